The zero-order chi connectivity index (χ0) is 20.6. The summed E-state index contributed by atoms with van der Waals surface area (Å²) in [5.74, 6) is 0.688. The minimum absolute atomic E-state index is 0. The van der Waals surface area contributed by atoms with Gasteiger partial charge >= 0.3 is 6.09 Å². The smallest absolute Gasteiger partial charge is 0.410 e. The van der Waals surface area contributed by atoms with Crippen molar-refractivity contribution in [3.8, 4) is 0 Å². The van der Waals surface area contributed by atoms with Crippen LogP contribution < -0.4 is 10.6 Å². The second-order valence-corrected chi connectivity index (χ2v) is 8.49. The number of carbonyl (C=O) groups excluding carboxylic acids is 2. The molecule has 0 aromatic heterocycles. The molecule has 2 aliphatic heterocycles. The van der Waals surface area contributed by atoms with Crippen LogP contribution in [0.2, 0.25) is 0 Å². The molecule has 8 nitrogen and oxygen atoms in total. The van der Waals surface area contributed by atoms with Crippen molar-refractivity contribution in [1.29, 1.82) is 0 Å². The largest absolute Gasteiger partial charge is 0.444 e. The highest BCUT2D eigenvalue weighted by Gasteiger charge is 2.30. The first kappa shape index (κ1) is 25.8. The summed E-state index contributed by atoms with van der Waals surface area (Å²) in [4.78, 5) is 32.9. The van der Waals surface area contributed by atoms with Crippen molar-refractivity contribution in [1.82, 2.24) is 20.4 Å². The van der Waals surface area contributed by atoms with E-state index in [0.29, 0.717) is 25.6 Å². The third kappa shape index (κ3) is 8.96. The van der Waals surface area contributed by atoms with Gasteiger partial charge in [-0.15, -0.1) is 24.0 Å². The van der Waals surface area contributed by atoms with Gasteiger partial charge in [-0.2, -0.15) is 0 Å². The van der Waals surface area contributed by atoms with E-state index in [-0.39, 0.29) is 48.6 Å². The third-order valence-electron chi connectivity index (χ3n) is 4.94. The molecule has 0 bridgehead atoms. The van der Waals surface area contributed by atoms with E-state index in [2.05, 4.69) is 15.6 Å². The minimum Gasteiger partial charge on any atom is -0.444 e. The third-order valence-corrected chi connectivity index (χ3v) is 4.94. The molecular weight excluding hydrogens is 485 g/mol. The zero-order valence-electron chi connectivity index (χ0n) is 18.3. The van der Waals surface area contributed by atoms with Crippen LogP contribution in [0.4, 0.5) is 4.79 Å². The van der Waals surface area contributed by atoms with Crippen molar-refractivity contribution in [3.05, 3.63) is 0 Å². The number of hydrogen-bond acceptors (Lipinski definition) is 4. The molecule has 0 saturated carbocycles. The Hall–Kier alpha value is -1.26. The highest BCUT2D eigenvalue weighted by atomic mass is 127. The second kappa shape index (κ2) is 12.4. The lowest BCUT2D eigenvalue weighted by atomic mass is 10.0. The SMILES string of the molecule is CCNC(=NCC(=O)N1CCCC1)NCC1CCCCN1C(=O)OC(C)(C)C.I. The molecule has 2 aliphatic rings. The van der Waals surface area contributed by atoms with E-state index < -0.39 is 5.60 Å². The van der Waals surface area contributed by atoms with Crippen LogP contribution in [0.25, 0.3) is 0 Å². The first-order valence-electron chi connectivity index (χ1n) is 10.6. The molecule has 168 valence electrons. The van der Waals surface area contributed by atoms with E-state index in [1.165, 1.54) is 0 Å². The molecule has 2 N–H and O–H groups in total. The molecule has 2 heterocycles. The van der Waals surface area contributed by atoms with E-state index in [4.69, 9.17) is 4.74 Å². The Kier molecular flexibility index (Phi) is 11.1. The summed E-state index contributed by atoms with van der Waals surface area (Å²) in [6, 6.07) is 0.0572. The number of aliphatic imine (C=N–C) groups is 1. The van der Waals surface area contributed by atoms with Gasteiger partial charge in [0.2, 0.25) is 5.91 Å². The number of carbonyl (C=O) groups is 2. The number of nitrogens with zero attached hydrogens (tertiary/aromatic N) is 3. The molecule has 0 radical (unpaired) electrons. The summed E-state index contributed by atoms with van der Waals surface area (Å²) in [6.45, 7) is 11.5. The first-order valence-corrected chi connectivity index (χ1v) is 10.6. The van der Waals surface area contributed by atoms with Crippen LogP contribution >= 0.6 is 24.0 Å². The number of likely N-dealkylation sites (tertiary alicyclic amines) is 2. The van der Waals surface area contributed by atoms with E-state index in [9.17, 15) is 9.59 Å². The molecule has 0 spiro atoms. The number of amides is 2. The molecule has 0 aliphatic carbocycles. The average molecular weight is 523 g/mol. The Labute approximate surface area is 192 Å². The second-order valence-electron chi connectivity index (χ2n) is 8.49. The van der Waals surface area contributed by atoms with Crippen LogP contribution in [-0.4, -0.2) is 78.7 Å². The van der Waals surface area contributed by atoms with Gasteiger partial charge in [0.05, 0.1) is 6.04 Å². The van der Waals surface area contributed by atoms with Crippen LogP contribution in [0.3, 0.4) is 0 Å². The molecule has 2 saturated heterocycles. The van der Waals surface area contributed by atoms with Crippen molar-refractivity contribution < 1.29 is 14.3 Å². The Morgan fingerprint density at radius 2 is 1.72 bits per heavy atom. The monoisotopic (exact) mass is 523 g/mol. The maximum atomic E-state index is 12.5. The average Bonchev–Trinajstić information content (AvgIpc) is 3.17. The van der Waals surface area contributed by atoms with Crippen molar-refractivity contribution in [2.24, 2.45) is 4.99 Å². The van der Waals surface area contributed by atoms with Crippen molar-refractivity contribution in [2.75, 3.05) is 39.3 Å². The topological polar surface area (TPSA) is 86.3 Å². The highest BCUT2D eigenvalue weighted by molar-refractivity contribution is 14.0. The summed E-state index contributed by atoms with van der Waals surface area (Å²) >= 11 is 0. The zero-order valence-corrected chi connectivity index (χ0v) is 20.7. The molecule has 9 heteroatoms. The maximum absolute atomic E-state index is 12.5. The lowest BCUT2D eigenvalue weighted by Gasteiger charge is -2.37. The van der Waals surface area contributed by atoms with Crippen LogP contribution in [0.1, 0.15) is 59.8 Å². The van der Waals surface area contributed by atoms with Gasteiger partial charge in [-0.05, 0) is 59.8 Å². The van der Waals surface area contributed by atoms with E-state index in [1.807, 2.05) is 37.5 Å². The number of rotatable bonds is 5. The molecule has 2 fully saturated rings. The summed E-state index contributed by atoms with van der Waals surface area (Å²) in [7, 11) is 0. The van der Waals surface area contributed by atoms with Crippen LogP contribution in [-0.2, 0) is 9.53 Å². The Morgan fingerprint density at radius 3 is 2.34 bits per heavy atom. The molecule has 1 atom stereocenters. The fraction of sp³-hybridized carbons (Fsp3) is 0.850. The minimum atomic E-state index is -0.501. The molecule has 1 unspecified atom stereocenters. The van der Waals surface area contributed by atoms with E-state index >= 15 is 0 Å². The Morgan fingerprint density at radius 1 is 1.07 bits per heavy atom. The summed E-state index contributed by atoms with van der Waals surface area (Å²) in [6.07, 6.45) is 4.91. The summed E-state index contributed by atoms with van der Waals surface area (Å²) in [5.41, 5.74) is -0.501. The molecule has 0 aromatic rings. The number of piperidine rings is 1. The molecule has 0 aromatic carbocycles. The Bertz CT molecular complexity index is 559. The number of halogens is 1. The lowest BCUT2D eigenvalue weighted by molar-refractivity contribution is -0.128. The highest BCUT2D eigenvalue weighted by Crippen LogP contribution is 2.20. The fourth-order valence-corrected chi connectivity index (χ4v) is 3.54. The van der Waals surface area contributed by atoms with Gasteiger partial charge in [0, 0.05) is 32.7 Å². The normalized spacial score (nSPS) is 20.1. The van der Waals surface area contributed by atoms with Crippen molar-refractivity contribution in [2.45, 2.75) is 71.4 Å². The number of hydrogen-bond donors (Lipinski definition) is 2. The fourth-order valence-electron chi connectivity index (χ4n) is 3.54. The van der Waals surface area contributed by atoms with E-state index in [0.717, 1.165) is 45.2 Å². The van der Waals surface area contributed by atoms with Crippen molar-refractivity contribution >= 4 is 41.9 Å². The standard InChI is InChI=1S/C20H37N5O3.HI/c1-5-21-18(23-15-17(26)24-11-8-9-12-24)22-14-16-10-6-7-13-25(16)19(27)28-20(2,3)4;/h16H,5-15H2,1-4H3,(H2,21,22,23);1H. The molecular formula is C20H38IN5O3. The van der Waals surface area contributed by atoms with Gasteiger partial charge in [0.1, 0.15) is 12.1 Å². The van der Waals surface area contributed by atoms with Crippen LogP contribution in [0.5, 0.6) is 0 Å². The maximum Gasteiger partial charge on any atom is 0.410 e. The predicted octanol–water partition coefficient (Wildman–Crippen LogP) is 2.57. The van der Waals surface area contributed by atoms with Crippen LogP contribution in [0, 0.1) is 0 Å². The van der Waals surface area contributed by atoms with Gasteiger partial charge in [0.25, 0.3) is 0 Å². The van der Waals surface area contributed by atoms with E-state index in [1.54, 1.807) is 0 Å². The summed E-state index contributed by atoms with van der Waals surface area (Å²) < 4.78 is 5.56. The number of nitrogens with one attached hydrogen (secondary N) is 2. The van der Waals surface area contributed by atoms with Crippen LogP contribution in [0.15, 0.2) is 4.99 Å². The first-order chi connectivity index (χ1) is 13.3. The van der Waals surface area contributed by atoms with Gasteiger partial charge in [-0.3, -0.25) is 4.79 Å². The van der Waals surface area contributed by atoms with Crippen molar-refractivity contribution in [3.63, 3.8) is 0 Å². The Balaban J connectivity index is 0.00000420. The molecule has 2 rings (SSSR count). The summed E-state index contributed by atoms with van der Waals surface area (Å²) in [5, 5.41) is 6.49. The van der Waals surface area contributed by atoms with Gasteiger partial charge < -0.3 is 25.2 Å². The quantitative estimate of drug-likeness (QED) is 0.329. The van der Waals surface area contributed by atoms with Gasteiger partial charge in [0.15, 0.2) is 5.96 Å². The predicted molar refractivity (Wildman–Crippen MR) is 126 cm³/mol. The molecule has 2 amide bonds. The molecule has 29 heavy (non-hydrogen) atoms. The van der Waals surface area contributed by atoms with Gasteiger partial charge in [-0.25, -0.2) is 9.79 Å². The lowest BCUT2D eigenvalue weighted by Crippen LogP contribution is -2.52. The van der Waals surface area contributed by atoms with Gasteiger partial charge in [-0.1, -0.05) is 0 Å². The number of ether oxygens (including phenoxy) is 1. The number of guanidine groups is 1.